The van der Waals surface area contributed by atoms with E-state index in [9.17, 15) is 0 Å². The van der Waals surface area contributed by atoms with Crippen molar-refractivity contribution in [2.75, 3.05) is 19.4 Å². The zero-order chi connectivity index (χ0) is 20.1. The normalized spacial score (nSPS) is 15.7. The first-order valence-electron chi connectivity index (χ1n) is 9.70. The minimum atomic E-state index is 0.311. The van der Waals surface area contributed by atoms with Gasteiger partial charge in [-0.2, -0.15) is 4.52 Å². The van der Waals surface area contributed by atoms with Crippen molar-refractivity contribution in [2.45, 2.75) is 39.3 Å². The molecule has 1 aliphatic rings. The summed E-state index contributed by atoms with van der Waals surface area (Å²) in [7, 11) is 1.63. The van der Waals surface area contributed by atoms with Gasteiger partial charge in [0.05, 0.1) is 17.8 Å². The van der Waals surface area contributed by atoms with Crippen LogP contribution in [-0.4, -0.2) is 49.2 Å². The van der Waals surface area contributed by atoms with Gasteiger partial charge in [-0.05, 0) is 26.0 Å². The Balaban J connectivity index is 1.45. The summed E-state index contributed by atoms with van der Waals surface area (Å²) in [6.45, 7) is 6.26. The van der Waals surface area contributed by atoms with Crippen molar-refractivity contribution in [1.29, 1.82) is 0 Å². The second-order valence-electron chi connectivity index (χ2n) is 7.47. The number of methoxy groups -OCH3 is 1. The molecule has 1 atom stereocenters. The molecular formula is C20H23N7OS. The Morgan fingerprint density at radius 2 is 2.14 bits per heavy atom. The van der Waals surface area contributed by atoms with E-state index in [4.69, 9.17) is 15.5 Å². The van der Waals surface area contributed by atoms with E-state index < -0.39 is 0 Å². The molecule has 3 aromatic heterocycles. The van der Waals surface area contributed by atoms with E-state index in [1.807, 2.05) is 18.2 Å². The lowest BCUT2D eigenvalue weighted by Crippen LogP contribution is -2.38. The standard InChI is InChI=1S/C20H23N7OS/c1-11(26-8-7-14-16(10-26)29-12(2)22-14)9-17-23-19-13-5-4-6-15(28-3)18(13)24-20(21)27(19)25-17/h4-6,11H,7-10H2,1-3H3,(H2,21,24). The van der Waals surface area contributed by atoms with Gasteiger partial charge in [0, 0.05) is 42.2 Å². The fourth-order valence-electron chi connectivity index (χ4n) is 4.03. The Bertz CT molecular complexity index is 1210. The highest BCUT2D eigenvalue weighted by Gasteiger charge is 2.25. The second-order valence-corrected chi connectivity index (χ2v) is 8.75. The molecule has 1 aliphatic heterocycles. The van der Waals surface area contributed by atoms with E-state index in [2.05, 4.69) is 33.8 Å². The number of para-hydroxylation sites is 1. The molecule has 0 spiro atoms. The molecule has 150 valence electrons. The Morgan fingerprint density at radius 1 is 1.28 bits per heavy atom. The number of ether oxygens (including phenoxy) is 1. The zero-order valence-electron chi connectivity index (χ0n) is 16.7. The van der Waals surface area contributed by atoms with Crippen LogP contribution in [0.3, 0.4) is 0 Å². The van der Waals surface area contributed by atoms with Crippen molar-refractivity contribution in [1.82, 2.24) is 29.5 Å². The molecule has 8 nitrogen and oxygen atoms in total. The quantitative estimate of drug-likeness (QED) is 0.554. The molecule has 2 N–H and O–H groups in total. The number of aryl methyl sites for hydroxylation is 1. The van der Waals surface area contributed by atoms with E-state index in [-0.39, 0.29) is 0 Å². The van der Waals surface area contributed by atoms with Gasteiger partial charge in [0.2, 0.25) is 5.95 Å². The third-order valence-corrected chi connectivity index (χ3v) is 6.52. The van der Waals surface area contributed by atoms with Gasteiger partial charge in [-0.25, -0.2) is 15.0 Å². The van der Waals surface area contributed by atoms with Crippen LogP contribution in [0.2, 0.25) is 0 Å². The van der Waals surface area contributed by atoms with Crippen LogP contribution < -0.4 is 10.5 Å². The van der Waals surface area contributed by atoms with Gasteiger partial charge >= 0.3 is 0 Å². The first-order chi connectivity index (χ1) is 14.0. The minimum Gasteiger partial charge on any atom is -0.494 e. The van der Waals surface area contributed by atoms with Crippen molar-refractivity contribution in [3.63, 3.8) is 0 Å². The van der Waals surface area contributed by atoms with Gasteiger partial charge in [-0.15, -0.1) is 16.4 Å². The summed E-state index contributed by atoms with van der Waals surface area (Å²) in [5.74, 6) is 1.76. The minimum absolute atomic E-state index is 0.311. The van der Waals surface area contributed by atoms with E-state index in [0.29, 0.717) is 28.9 Å². The summed E-state index contributed by atoms with van der Waals surface area (Å²) in [4.78, 5) is 17.8. The number of hydrogen-bond acceptors (Lipinski definition) is 8. The van der Waals surface area contributed by atoms with Crippen LogP contribution in [-0.2, 0) is 19.4 Å². The molecule has 0 fully saturated rings. The summed E-state index contributed by atoms with van der Waals surface area (Å²) in [5.41, 5.74) is 8.85. The third kappa shape index (κ3) is 3.10. The van der Waals surface area contributed by atoms with Gasteiger partial charge < -0.3 is 10.5 Å². The number of nitrogens with zero attached hydrogens (tertiary/aromatic N) is 6. The molecule has 0 bridgehead atoms. The highest BCUT2D eigenvalue weighted by Crippen LogP contribution is 2.29. The number of benzene rings is 1. The van der Waals surface area contributed by atoms with Crippen molar-refractivity contribution in [3.8, 4) is 5.75 Å². The predicted octanol–water partition coefficient (Wildman–Crippen LogP) is 2.62. The van der Waals surface area contributed by atoms with Crippen LogP contribution in [0.25, 0.3) is 16.6 Å². The summed E-state index contributed by atoms with van der Waals surface area (Å²) in [5, 5.41) is 6.67. The molecular weight excluding hydrogens is 386 g/mol. The van der Waals surface area contributed by atoms with E-state index >= 15 is 0 Å². The largest absolute Gasteiger partial charge is 0.494 e. The van der Waals surface area contributed by atoms with E-state index in [1.54, 1.807) is 23.0 Å². The first kappa shape index (κ1) is 18.3. The van der Waals surface area contributed by atoms with Crippen molar-refractivity contribution < 1.29 is 4.74 Å². The Kier molecular flexibility index (Phi) is 4.36. The molecule has 0 saturated heterocycles. The Hall–Kier alpha value is -2.78. The number of aromatic nitrogens is 5. The van der Waals surface area contributed by atoms with Gasteiger partial charge in [0.15, 0.2) is 11.5 Å². The number of rotatable bonds is 4. The predicted molar refractivity (Wildman–Crippen MR) is 113 cm³/mol. The molecule has 29 heavy (non-hydrogen) atoms. The molecule has 4 aromatic rings. The number of nitrogens with two attached hydrogens (primary N) is 1. The maximum atomic E-state index is 6.17. The summed E-state index contributed by atoms with van der Waals surface area (Å²) in [6.07, 6.45) is 1.75. The number of anilines is 1. The van der Waals surface area contributed by atoms with Gasteiger partial charge in [0.25, 0.3) is 0 Å². The Labute approximate surface area is 172 Å². The molecule has 1 aromatic carbocycles. The second kappa shape index (κ2) is 6.93. The maximum Gasteiger partial charge on any atom is 0.223 e. The SMILES string of the molecule is COc1cccc2c1nc(N)n1nc(CC(C)N3CCc4nc(C)sc4C3)nc21. The van der Waals surface area contributed by atoms with Gasteiger partial charge in [-0.1, -0.05) is 6.07 Å². The number of hydrogen-bond donors (Lipinski definition) is 1. The van der Waals surface area contributed by atoms with Crippen LogP contribution >= 0.6 is 11.3 Å². The molecule has 5 rings (SSSR count). The highest BCUT2D eigenvalue weighted by molar-refractivity contribution is 7.11. The lowest BCUT2D eigenvalue weighted by atomic mass is 10.1. The third-order valence-electron chi connectivity index (χ3n) is 5.52. The van der Waals surface area contributed by atoms with Crippen LogP contribution in [0.5, 0.6) is 5.75 Å². The van der Waals surface area contributed by atoms with Gasteiger partial charge in [0.1, 0.15) is 11.3 Å². The molecule has 0 aliphatic carbocycles. The number of thiazole rings is 1. The van der Waals surface area contributed by atoms with E-state index in [0.717, 1.165) is 42.1 Å². The highest BCUT2D eigenvalue weighted by atomic mass is 32.1. The lowest BCUT2D eigenvalue weighted by Gasteiger charge is -2.31. The average molecular weight is 410 g/mol. The number of fused-ring (bicyclic) bond motifs is 4. The number of nitrogen functional groups attached to an aromatic ring is 1. The maximum absolute atomic E-state index is 6.17. The molecule has 9 heteroatoms. The van der Waals surface area contributed by atoms with Crippen molar-refractivity contribution in [3.05, 3.63) is 39.6 Å². The monoisotopic (exact) mass is 409 g/mol. The molecule has 0 amide bonds. The van der Waals surface area contributed by atoms with Crippen molar-refractivity contribution >= 4 is 33.8 Å². The lowest BCUT2D eigenvalue weighted by molar-refractivity contribution is 0.189. The van der Waals surface area contributed by atoms with Gasteiger partial charge in [-0.3, -0.25) is 4.90 Å². The topological polar surface area (TPSA) is 94.5 Å². The van der Waals surface area contributed by atoms with Crippen LogP contribution in [0.1, 0.15) is 28.3 Å². The molecule has 0 saturated carbocycles. The van der Waals surface area contributed by atoms with Crippen LogP contribution in [0.15, 0.2) is 18.2 Å². The van der Waals surface area contributed by atoms with Crippen LogP contribution in [0, 0.1) is 6.92 Å². The molecule has 1 unspecified atom stereocenters. The molecule has 4 heterocycles. The fraction of sp³-hybridized carbons (Fsp3) is 0.400. The summed E-state index contributed by atoms with van der Waals surface area (Å²) >= 11 is 1.80. The van der Waals surface area contributed by atoms with Crippen LogP contribution in [0.4, 0.5) is 5.95 Å². The first-order valence-corrected chi connectivity index (χ1v) is 10.5. The smallest absolute Gasteiger partial charge is 0.223 e. The zero-order valence-corrected chi connectivity index (χ0v) is 17.5. The van der Waals surface area contributed by atoms with E-state index in [1.165, 1.54) is 10.6 Å². The Morgan fingerprint density at radius 3 is 2.97 bits per heavy atom. The average Bonchev–Trinajstić information content (AvgIpc) is 3.30. The summed E-state index contributed by atoms with van der Waals surface area (Å²) in [6, 6.07) is 6.09. The molecule has 0 radical (unpaired) electrons. The van der Waals surface area contributed by atoms with Crippen molar-refractivity contribution in [2.24, 2.45) is 0 Å². The summed E-state index contributed by atoms with van der Waals surface area (Å²) < 4.78 is 7.06. The fourth-order valence-corrected chi connectivity index (χ4v) is 5.04.